The van der Waals surface area contributed by atoms with Crippen molar-refractivity contribution in [3.63, 3.8) is 0 Å². The fraction of sp³-hybridized carbons (Fsp3) is 0.122. The van der Waals surface area contributed by atoms with Crippen LogP contribution in [0, 0.1) is 6.92 Å². The minimum Gasteiger partial charge on any atom is -0.437 e. The maximum atomic E-state index is 6.68. The van der Waals surface area contributed by atoms with Crippen molar-refractivity contribution in [2.24, 2.45) is 0 Å². The van der Waals surface area contributed by atoms with Crippen LogP contribution in [-0.4, -0.2) is 14.5 Å². The molecule has 0 unspecified atom stereocenters. The number of pyridine rings is 1. The Morgan fingerprint density at radius 2 is 1.36 bits per heavy atom. The van der Waals surface area contributed by atoms with Crippen molar-refractivity contribution in [2.75, 3.05) is 0 Å². The first-order valence-corrected chi connectivity index (χ1v) is 15.4. The maximum absolute atomic E-state index is 6.68. The Balaban J connectivity index is 1.40. The van der Waals surface area contributed by atoms with E-state index in [1.54, 1.807) is 0 Å². The van der Waals surface area contributed by atoms with E-state index in [1.165, 1.54) is 16.7 Å². The van der Waals surface area contributed by atoms with Gasteiger partial charge >= 0.3 is 0 Å². The van der Waals surface area contributed by atoms with Gasteiger partial charge in [0.25, 0.3) is 0 Å². The smallest absolute Gasteiger partial charge is 0.227 e. The summed E-state index contributed by atoms with van der Waals surface area (Å²) in [6, 6.07) is 44.5. The molecule has 4 heteroatoms. The zero-order valence-electron chi connectivity index (χ0n) is 25.9. The lowest BCUT2D eigenvalue weighted by Gasteiger charge is -2.25. The number of nitrogens with zero attached hydrogens (tertiary/aromatic N) is 3. The third kappa shape index (κ3) is 4.53. The summed E-state index contributed by atoms with van der Waals surface area (Å²) in [5, 5.41) is 2.08. The molecule has 0 radical (unpaired) electrons. The molecule has 0 fully saturated rings. The molecule has 45 heavy (non-hydrogen) atoms. The molecule has 0 bridgehead atoms. The molecule has 0 aliphatic heterocycles. The van der Waals surface area contributed by atoms with E-state index in [4.69, 9.17) is 14.4 Å². The molecule has 218 valence electrons. The average Bonchev–Trinajstić information content (AvgIpc) is 3.64. The first kappa shape index (κ1) is 27.1. The number of hydrogen-bond acceptors (Lipinski definition) is 3. The quantitative estimate of drug-likeness (QED) is 0.207. The fourth-order valence-corrected chi connectivity index (χ4v) is 6.47. The molecule has 0 amide bonds. The molecule has 0 aliphatic rings. The van der Waals surface area contributed by atoms with Crippen molar-refractivity contribution in [1.82, 2.24) is 14.5 Å². The lowest BCUT2D eigenvalue weighted by Crippen LogP contribution is -2.16. The van der Waals surface area contributed by atoms with Crippen LogP contribution in [0.25, 0.3) is 72.6 Å². The van der Waals surface area contributed by atoms with Crippen LogP contribution in [0.3, 0.4) is 0 Å². The van der Waals surface area contributed by atoms with Gasteiger partial charge in [0, 0.05) is 16.3 Å². The third-order valence-corrected chi connectivity index (χ3v) is 8.72. The summed E-state index contributed by atoms with van der Waals surface area (Å²) in [7, 11) is 0. The predicted molar refractivity (Wildman–Crippen MR) is 186 cm³/mol. The van der Waals surface area contributed by atoms with Crippen LogP contribution in [0.4, 0.5) is 0 Å². The number of imidazole rings is 1. The average molecular weight is 584 g/mol. The molecule has 0 atom stereocenters. The van der Waals surface area contributed by atoms with E-state index in [1.807, 2.05) is 24.3 Å². The van der Waals surface area contributed by atoms with E-state index in [9.17, 15) is 0 Å². The number of furan rings is 1. The molecule has 0 N–H and O–H groups in total. The van der Waals surface area contributed by atoms with Gasteiger partial charge in [0.1, 0.15) is 11.4 Å². The highest BCUT2D eigenvalue weighted by Gasteiger charge is 2.26. The molecule has 3 heterocycles. The monoisotopic (exact) mass is 583 g/mol. The van der Waals surface area contributed by atoms with E-state index in [-0.39, 0.29) is 5.41 Å². The minimum atomic E-state index is -0.123. The predicted octanol–water partition coefficient (Wildman–Crippen LogP) is 10.9. The Morgan fingerprint density at radius 3 is 2.11 bits per heavy atom. The number of hydrogen-bond donors (Lipinski definition) is 0. The first-order chi connectivity index (χ1) is 21.9. The van der Waals surface area contributed by atoms with Gasteiger partial charge < -0.3 is 4.42 Å². The van der Waals surface area contributed by atoms with Crippen LogP contribution < -0.4 is 0 Å². The summed E-state index contributed by atoms with van der Waals surface area (Å²) in [6.45, 7) is 8.96. The van der Waals surface area contributed by atoms with E-state index in [0.29, 0.717) is 5.71 Å². The molecule has 0 aliphatic carbocycles. The third-order valence-electron chi connectivity index (χ3n) is 8.72. The molecule has 0 spiro atoms. The van der Waals surface area contributed by atoms with Gasteiger partial charge in [0.2, 0.25) is 5.71 Å². The summed E-state index contributed by atoms with van der Waals surface area (Å²) < 4.78 is 8.99. The van der Waals surface area contributed by atoms with Crippen LogP contribution in [-0.2, 0) is 5.41 Å². The van der Waals surface area contributed by atoms with Gasteiger partial charge in [0.05, 0.1) is 28.0 Å². The molecule has 5 aromatic carbocycles. The second-order valence-electron chi connectivity index (χ2n) is 12.8. The van der Waals surface area contributed by atoms with Crippen LogP contribution >= 0.6 is 0 Å². The van der Waals surface area contributed by atoms with Gasteiger partial charge in [0.15, 0.2) is 0 Å². The first-order valence-electron chi connectivity index (χ1n) is 15.4. The van der Waals surface area contributed by atoms with Crippen molar-refractivity contribution >= 4 is 33.1 Å². The Hall–Kier alpha value is -5.48. The van der Waals surface area contributed by atoms with Crippen molar-refractivity contribution in [3.05, 3.63) is 139 Å². The highest BCUT2D eigenvalue weighted by Crippen LogP contribution is 2.41. The van der Waals surface area contributed by atoms with Gasteiger partial charge in [-0.3, -0.25) is 4.57 Å². The van der Waals surface area contributed by atoms with E-state index >= 15 is 0 Å². The summed E-state index contributed by atoms with van der Waals surface area (Å²) in [5.74, 6) is 0.849. The molecular weight excluding hydrogens is 550 g/mol. The van der Waals surface area contributed by atoms with Crippen molar-refractivity contribution in [3.8, 4) is 39.5 Å². The van der Waals surface area contributed by atoms with Gasteiger partial charge in [-0.1, -0.05) is 106 Å². The second-order valence-corrected chi connectivity index (χ2v) is 12.8. The molecule has 4 nitrogen and oxygen atoms in total. The van der Waals surface area contributed by atoms with Crippen molar-refractivity contribution in [1.29, 1.82) is 0 Å². The highest BCUT2D eigenvalue weighted by atomic mass is 16.3. The summed E-state index contributed by atoms with van der Waals surface area (Å²) in [5.41, 5.74) is 12.1. The topological polar surface area (TPSA) is 43.9 Å². The summed E-state index contributed by atoms with van der Waals surface area (Å²) >= 11 is 0. The Bertz CT molecular complexity index is 2360. The minimum absolute atomic E-state index is 0.123. The standard InChI is InChI=1S/C41H33N3O/c1-26-19-21-31(38-37(26)30-22-23-33(43-40(30)45-38)28-15-9-6-10-16-28)39-42-34-17-11-12-18-36(34)44(39)35-24-20-29(25-32(35)41(2,3)4)27-13-7-5-8-14-27/h5-25H,1-4H3. The lowest BCUT2D eigenvalue weighted by atomic mass is 9.83. The Labute approximate surface area is 262 Å². The normalized spacial score (nSPS) is 12.0. The number of aromatic nitrogens is 3. The number of benzene rings is 5. The number of aryl methyl sites for hydroxylation is 1. The van der Waals surface area contributed by atoms with E-state index < -0.39 is 0 Å². The largest absolute Gasteiger partial charge is 0.437 e. The van der Waals surface area contributed by atoms with Gasteiger partial charge in [-0.05, 0) is 77.1 Å². The molecular formula is C41H33N3O. The summed E-state index contributed by atoms with van der Waals surface area (Å²) in [6.07, 6.45) is 0. The maximum Gasteiger partial charge on any atom is 0.227 e. The summed E-state index contributed by atoms with van der Waals surface area (Å²) in [4.78, 5) is 10.2. The molecule has 0 saturated carbocycles. The molecule has 8 rings (SSSR count). The zero-order chi connectivity index (χ0) is 30.7. The SMILES string of the molecule is Cc1ccc(-c2nc3ccccc3n2-c2ccc(-c3ccccc3)cc2C(C)(C)C)c2oc3nc(-c4ccccc4)ccc3c12. The number of rotatable bonds is 4. The Kier molecular flexibility index (Phi) is 6.21. The van der Waals surface area contributed by atoms with Crippen LogP contribution in [0.15, 0.2) is 132 Å². The molecule has 3 aromatic heterocycles. The molecule has 0 saturated heterocycles. The van der Waals surface area contributed by atoms with E-state index in [2.05, 4.69) is 135 Å². The van der Waals surface area contributed by atoms with Crippen LogP contribution in [0.1, 0.15) is 31.9 Å². The van der Waals surface area contributed by atoms with Crippen LogP contribution in [0.2, 0.25) is 0 Å². The van der Waals surface area contributed by atoms with E-state index in [0.717, 1.165) is 61.3 Å². The zero-order valence-corrected chi connectivity index (χ0v) is 25.9. The highest BCUT2D eigenvalue weighted by molar-refractivity contribution is 6.10. The number of fused-ring (bicyclic) bond motifs is 4. The van der Waals surface area contributed by atoms with Gasteiger partial charge in [-0.15, -0.1) is 0 Å². The van der Waals surface area contributed by atoms with Crippen molar-refractivity contribution < 1.29 is 4.42 Å². The fourth-order valence-electron chi connectivity index (χ4n) is 6.47. The molecule has 8 aromatic rings. The second kappa shape index (κ2) is 10.3. The lowest BCUT2D eigenvalue weighted by molar-refractivity contribution is 0.587. The van der Waals surface area contributed by atoms with Gasteiger partial charge in [-0.2, -0.15) is 0 Å². The van der Waals surface area contributed by atoms with Gasteiger partial charge in [-0.25, -0.2) is 9.97 Å². The van der Waals surface area contributed by atoms with Crippen LogP contribution in [0.5, 0.6) is 0 Å². The Morgan fingerprint density at radius 1 is 0.644 bits per heavy atom. The number of para-hydroxylation sites is 2. The van der Waals surface area contributed by atoms with Crippen molar-refractivity contribution in [2.45, 2.75) is 33.1 Å².